The minimum atomic E-state index is -0.301. The van der Waals surface area contributed by atoms with E-state index in [-0.39, 0.29) is 17.2 Å². The van der Waals surface area contributed by atoms with E-state index in [4.69, 9.17) is 18.0 Å². The number of hydrogen-bond donors (Lipinski definition) is 1. The molecule has 13 heavy (non-hydrogen) atoms. The maximum atomic E-state index is 11.3. The van der Waals surface area contributed by atoms with Crippen molar-refractivity contribution in [3.63, 3.8) is 0 Å². The molecule has 70 valence electrons. The molecule has 0 aliphatic rings. The Kier molecular flexibility index (Phi) is 2.77. The summed E-state index contributed by atoms with van der Waals surface area (Å²) >= 11 is 4.72. The third-order valence-corrected chi connectivity index (χ3v) is 1.79. The Labute approximate surface area is 81.4 Å². The molecule has 1 aromatic rings. The van der Waals surface area contributed by atoms with Crippen molar-refractivity contribution in [2.75, 3.05) is 0 Å². The van der Waals surface area contributed by atoms with E-state index in [2.05, 4.69) is 4.98 Å². The second-order valence-electron chi connectivity index (χ2n) is 2.87. The van der Waals surface area contributed by atoms with Crippen LogP contribution in [0.2, 0.25) is 0 Å². The van der Waals surface area contributed by atoms with Gasteiger partial charge in [-0.25, -0.2) is 4.79 Å². The van der Waals surface area contributed by atoms with E-state index >= 15 is 0 Å². The average Bonchev–Trinajstić information content (AvgIpc) is 1.96. The molecule has 2 N–H and O–H groups in total. The zero-order valence-corrected chi connectivity index (χ0v) is 8.39. The minimum Gasteiger partial charge on any atom is -0.392 e. The maximum absolute atomic E-state index is 11.3. The molecule has 0 aliphatic heterocycles. The molecule has 0 fully saturated rings. The first-order valence-corrected chi connectivity index (χ1v) is 4.25. The summed E-state index contributed by atoms with van der Waals surface area (Å²) in [5.41, 5.74) is 6.58. The number of nitrogens with two attached hydrogens (primary N) is 1. The third-order valence-electron chi connectivity index (χ3n) is 1.66. The molecule has 0 amide bonds. The van der Waals surface area contributed by atoms with Gasteiger partial charge in [0.05, 0.1) is 11.5 Å². The quantitative estimate of drug-likeness (QED) is 0.685. The summed E-state index contributed by atoms with van der Waals surface area (Å²) in [6.45, 7) is 3.86. The lowest BCUT2D eigenvalue weighted by atomic mass is 10.3. The van der Waals surface area contributed by atoms with Crippen LogP contribution in [-0.4, -0.2) is 14.5 Å². The molecule has 0 aliphatic carbocycles. The van der Waals surface area contributed by atoms with Gasteiger partial charge in [-0.05, 0) is 19.9 Å². The molecule has 4 nitrogen and oxygen atoms in total. The standard InChI is InChI=1S/C8H11N3OS/c1-5-3-6(2)11(4-7(9)13)8(12)10-5/h3H,4H2,1-2H3,(H2,9,13). The van der Waals surface area contributed by atoms with Crippen LogP contribution in [-0.2, 0) is 6.54 Å². The van der Waals surface area contributed by atoms with Crippen LogP contribution in [0.25, 0.3) is 0 Å². The van der Waals surface area contributed by atoms with Gasteiger partial charge in [0.1, 0.15) is 0 Å². The molecule has 1 aromatic heterocycles. The Hall–Kier alpha value is -1.23. The molecule has 0 aromatic carbocycles. The minimum absolute atomic E-state index is 0.257. The van der Waals surface area contributed by atoms with Crippen molar-refractivity contribution in [1.29, 1.82) is 0 Å². The van der Waals surface area contributed by atoms with E-state index in [1.165, 1.54) is 4.57 Å². The summed E-state index contributed by atoms with van der Waals surface area (Å²) in [6.07, 6.45) is 0. The highest BCUT2D eigenvalue weighted by Gasteiger charge is 2.02. The third kappa shape index (κ3) is 2.35. The Morgan fingerprint density at radius 1 is 1.69 bits per heavy atom. The van der Waals surface area contributed by atoms with Crippen LogP contribution < -0.4 is 11.4 Å². The highest BCUT2D eigenvalue weighted by molar-refractivity contribution is 7.80. The normalized spacial score (nSPS) is 10.0. The van der Waals surface area contributed by atoms with E-state index in [1.54, 1.807) is 6.92 Å². The molecule has 0 saturated heterocycles. The molecular weight excluding hydrogens is 186 g/mol. The zero-order valence-electron chi connectivity index (χ0n) is 7.57. The summed E-state index contributed by atoms with van der Waals surface area (Å²) in [4.78, 5) is 15.4. The van der Waals surface area contributed by atoms with Crippen molar-refractivity contribution in [3.8, 4) is 0 Å². The predicted octanol–water partition coefficient (Wildman–Crippen LogP) is 0.146. The van der Waals surface area contributed by atoms with Crippen molar-refractivity contribution in [1.82, 2.24) is 9.55 Å². The van der Waals surface area contributed by atoms with Crippen LogP contribution in [0.3, 0.4) is 0 Å². The highest BCUT2D eigenvalue weighted by Crippen LogP contribution is 1.95. The summed E-state index contributed by atoms with van der Waals surface area (Å²) < 4.78 is 1.45. The molecule has 0 atom stereocenters. The summed E-state index contributed by atoms with van der Waals surface area (Å²) in [5.74, 6) is 0. The Morgan fingerprint density at radius 3 is 2.77 bits per heavy atom. The van der Waals surface area contributed by atoms with Crippen molar-refractivity contribution in [2.45, 2.75) is 20.4 Å². The first-order chi connectivity index (χ1) is 6.00. The van der Waals surface area contributed by atoms with Crippen LogP contribution in [0.1, 0.15) is 11.4 Å². The first-order valence-electron chi connectivity index (χ1n) is 3.84. The summed E-state index contributed by atoms with van der Waals surface area (Å²) in [7, 11) is 0. The zero-order chi connectivity index (χ0) is 10.0. The lowest BCUT2D eigenvalue weighted by molar-refractivity contribution is 0.729. The number of rotatable bonds is 2. The van der Waals surface area contributed by atoms with Gasteiger partial charge in [0.2, 0.25) is 0 Å². The van der Waals surface area contributed by atoms with Gasteiger partial charge in [0.15, 0.2) is 0 Å². The first kappa shape index (κ1) is 9.85. The van der Waals surface area contributed by atoms with Crippen molar-refractivity contribution in [2.24, 2.45) is 5.73 Å². The smallest absolute Gasteiger partial charge is 0.348 e. The second-order valence-corrected chi connectivity index (χ2v) is 3.40. The van der Waals surface area contributed by atoms with Crippen LogP contribution in [0, 0.1) is 13.8 Å². The Balaban J connectivity index is 3.21. The topological polar surface area (TPSA) is 60.9 Å². The van der Waals surface area contributed by atoms with Gasteiger partial charge in [-0.2, -0.15) is 4.98 Å². The van der Waals surface area contributed by atoms with Crippen LogP contribution >= 0.6 is 12.2 Å². The molecular formula is C8H11N3OS. The lowest BCUT2D eigenvalue weighted by Gasteiger charge is -2.07. The monoisotopic (exact) mass is 197 g/mol. The van der Waals surface area contributed by atoms with Gasteiger partial charge in [-0.3, -0.25) is 4.57 Å². The fourth-order valence-corrected chi connectivity index (χ4v) is 1.25. The molecule has 5 heteroatoms. The van der Waals surface area contributed by atoms with Crippen molar-refractivity contribution >= 4 is 17.2 Å². The van der Waals surface area contributed by atoms with Crippen molar-refractivity contribution in [3.05, 3.63) is 27.9 Å². The van der Waals surface area contributed by atoms with E-state index in [0.717, 1.165) is 5.69 Å². The Bertz CT molecular complexity index is 397. The molecule has 0 saturated carbocycles. The number of hydrogen-bond acceptors (Lipinski definition) is 3. The van der Waals surface area contributed by atoms with Gasteiger partial charge in [-0.15, -0.1) is 0 Å². The SMILES string of the molecule is Cc1cc(C)n(CC(N)=S)c(=O)n1. The molecule has 0 spiro atoms. The molecule has 1 rings (SSSR count). The number of thiocarbonyl (C=S) groups is 1. The van der Waals surface area contributed by atoms with Gasteiger partial charge in [-0.1, -0.05) is 12.2 Å². The summed E-state index contributed by atoms with van der Waals surface area (Å²) in [6, 6.07) is 1.82. The molecule has 1 heterocycles. The second kappa shape index (κ2) is 3.66. The number of nitrogens with zero attached hydrogens (tertiary/aromatic N) is 2. The van der Waals surface area contributed by atoms with E-state index < -0.39 is 0 Å². The number of aryl methyl sites for hydroxylation is 2. The predicted molar refractivity (Wildman–Crippen MR) is 54.8 cm³/mol. The molecule has 0 bridgehead atoms. The fraction of sp³-hybridized carbons (Fsp3) is 0.375. The van der Waals surface area contributed by atoms with E-state index in [1.807, 2.05) is 13.0 Å². The average molecular weight is 197 g/mol. The largest absolute Gasteiger partial charge is 0.392 e. The Morgan fingerprint density at radius 2 is 2.31 bits per heavy atom. The van der Waals surface area contributed by atoms with Crippen LogP contribution in [0.5, 0.6) is 0 Å². The molecule has 0 unspecified atom stereocenters. The molecule has 0 radical (unpaired) electrons. The van der Waals surface area contributed by atoms with E-state index in [0.29, 0.717) is 5.69 Å². The van der Waals surface area contributed by atoms with Gasteiger partial charge >= 0.3 is 5.69 Å². The van der Waals surface area contributed by atoms with Crippen LogP contribution in [0.15, 0.2) is 10.9 Å². The van der Waals surface area contributed by atoms with Gasteiger partial charge < -0.3 is 5.73 Å². The van der Waals surface area contributed by atoms with Crippen molar-refractivity contribution < 1.29 is 0 Å². The van der Waals surface area contributed by atoms with Gasteiger partial charge in [0, 0.05) is 11.4 Å². The lowest BCUT2D eigenvalue weighted by Crippen LogP contribution is -2.30. The van der Waals surface area contributed by atoms with Crippen LogP contribution in [0.4, 0.5) is 0 Å². The van der Waals surface area contributed by atoms with E-state index in [9.17, 15) is 4.79 Å². The highest BCUT2D eigenvalue weighted by atomic mass is 32.1. The summed E-state index contributed by atoms with van der Waals surface area (Å²) in [5, 5.41) is 0. The number of aromatic nitrogens is 2. The fourth-order valence-electron chi connectivity index (χ4n) is 1.12. The van der Waals surface area contributed by atoms with Gasteiger partial charge in [0.25, 0.3) is 0 Å². The maximum Gasteiger partial charge on any atom is 0.348 e.